The fourth-order valence-electron chi connectivity index (χ4n) is 4.60. The Kier molecular flexibility index (Phi) is 6.14. The Morgan fingerprint density at radius 3 is 2.32 bits per heavy atom. The van der Waals surface area contributed by atoms with E-state index >= 15 is 4.39 Å². The number of fused-ring (bicyclic) bond motifs is 1. The van der Waals surface area contributed by atoms with Gasteiger partial charge in [-0.1, -0.05) is 17.7 Å². The van der Waals surface area contributed by atoms with Crippen LogP contribution in [0.1, 0.15) is 34.9 Å². The highest BCUT2D eigenvalue weighted by molar-refractivity contribution is 7.90. The monoisotopic (exact) mass is 527 g/mol. The summed E-state index contributed by atoms with van der Waals surface area (Å²) in [7, 11) is -3.98. The predicted molar refractivity (Wildman–Crippen MR) is 137 cm³/mol. The minimum atomic E-state index is -3.98. The van der Waals surface area contributed by atoms with Crippen molar-refractivity contribution < 1.29 is 22.7 Å². The van der Waals surface area contributed by atoms with E-state index in [1.807, 2.05) is 6.92 Å². The molecule has 3 N–H and O–H groups in total. The Labute approximate surface area is 212 Å². The summed E-state index contributed by atoms with van der Waals surface area (Å²) in [5.41, 5.74) is 6.91. The number of aromatic carboxylic acids is 1. The second-order valence-electron chi connectivity index (χ2n) is 9.33. The van der Waals surface area contributed by atoms with E-state index in [1.54, 1.807) is 26.5 Å². The smallest absolute Gasteiger partial charge is 0.352 e. The van der Waals surface area contributed by atoms with Gasteiger partial charge in [-0.15, -0.1) is 4.40 Å². The average molecular weight is 528 g/mol. The molecule has 0 radical (unpaired) electrons. The number of hydrogen-bond acceptors (Lipinski definition) is 5. The van der Waals surface area contributed by atoms with E-state index in [0.29, 0.717) is 31.7 Å². The number of carbonyl (C=O) groups is 1. The Hall–Kier alpha value is -3.93. The van der Waals surface area contributed by atoms with Crippen molar-refractivity contribution >= 4 is 38.5 Å². The molecule has 0 bridgehead atoms. The van der Waals surface area contributed by atoms with Gasteiger partial charge < -0.3 is 25.2 Å². The second kappa shape index (κ2) is 9.18. The first kappa shape index (κ1) is 24.8. The summed E-state index contributed by atoms with van der Waals surface area (Å²) in [4.78, 5) is 27.8. The highest BCUT2D eigenvalue weighted by atomic mass is 32.2. The van der Waals surface area contributed by atoms with Crippen molar-refractivity contribution in [2.45, 2.75) is 30.7 Å². The first-order chi connectivity index (χ1) is 17.5. The van der Waals surface area contributed by atoms with Gasteiger partial charge >= 0.3 is 5.97 Å². The number of sulfonamides is 1. The maximum Gasteiger partial charge on any atom is 0.352 e. The molecular weight excluding hydrogens is 501 g/mol. The molecule has 2 fully saturated rings. The van der Waals surface area contributed by atoms with Gasteiger partial charge in [-0.05, 0) is 44.0 Å². The largest absolute Gasteiger partial charge is 0.477 e. The number of piperazine rings is 1. The van der Waals surface area contributed by atoms with Crippen molar-refractivity contribution in [3.05, 3.63) is 69.8 Å². The number of guanidine groups is 1. The SMILES string of the molecule is Cc1ccc(S(=O)(=O)/N=C(\N)N2CCN(c3cc4c(cc3F)c(=O)cc(C(=O)O)n4C3CC3)CC2)cc1. The molecule has 0 spiro atoms. The van der Waals surface area contributed by atoms with Gasteiger partial charge in [-0.25, -0.2) is 9.18 Å². The Morgan fingerprint density at radius 2 is 1.73 bits per heavy atom. The van der Waals surface area contributed by atoms with Crippen LogP contribution in [0.15, 0.2) is 56.6 Å². The van der Waals surface area contributed by atoms with Crippen molar-refractivity contribution in [2.24, 2.45) is 10.1 Å². The number of nitrogens with zero attached hydrogens (tertiary/aromatic N) is 4. The fourth-order valence-corrected chi connectivity index (χ4v) is 5.55. The molecule has 12 heteroatoms. The van der Waals surface area contributed by atoms with Crippen LogP contribution in [0, 0.1) is 12.7 Å². The number of aryl methyl sites for hydroxylation is 1. The van der Waals surface area contributed by atoms with Gasteiger partial charge in [0.2, 0.25) is 5.96 Å². The lowest BCUT2D eigenvalue weighted by Crippen LogP contribution is -2.51. The van der Waals surface area contributed by atoms with Crippen molar-refractivity contribution in [3.63, 3.8) is 0 Å². The van der Waals surface area contributed by atoms with Crippen LogP contribution < -0.4 is 16.1 Å². The van der Waals surface area contributed by atoms with Gasteiger partial charge in [0, 0.05) is 43.7 Å². The van der Waals surface area contributed by atoms with Crippen LogP contribution in [0.2, 0.25) is 0 Å². The lowest BCUT2D eigenvalue weighted by molar-refractivity contribution is 0.0684. The number of pyridine rings is 1. The summed E-state index contributed by atoms with van der Waals surface area (Å²) in [5, 5.41) is 9.76. The Bertz CT molecular complexity index is 1590. The van der Waals surface area contributed by atoms with E-state index in [4.69, 9.17) is 5.73 Å². The van der Waals surface area contributed by atoms with Crippen molar-refractivity contribution in [1.82, 2.24) is 9.47 Å². The normalized spacial score (nSPS) is 16.9. The quantitative estimate of drug-likeness (QED) is 0.381. The second-order valence-corrected chi connectivity index (χ2v) is 10.9. The van der Waals surface area contributed by atoms with E-state index in [1.165, 1.54) is 18.2 Å². The van der Waals surface area contributed by atoms with Crippen LogP contribution >= 0.6 is 0 Å². The van der Waals surface area contributed by atoms with Crippen LogP contribution in [0.25, 0.3) is 10.9 Å². The maximum absolute atomic E-state index is 15.1. The third-order valence-electron chi connectivity index (χ3n) is 6.73. The predicted octanol–water partition coefficient (Wildman–Crippen LogP) is 2.31. The average Bonchev–Trinajstić information content (AvgIpc) is 3.69. The van der Waals surface area contributed by atoms with E-state index < -0.39 is 27.2 Å². The number of nitrogens with two attached hydrogens (primary N) is 1. The summed E-state index contributed by atoms with van der Waals surface area (Å²) in [5.74, 6) is -1.94. The van der Waals surface area contributed by atoms with Crippen LogP contribution in [-0.4, -0.2) is 61.1 Å². The number of anilines is 1. The first-order valence-electron chi connectivity index (χ1n) is 11.8. The molecule has 1 saturated heterocycles. The highest BCUT2D eigenvalue weighted by Crippen LogP contribution is 2.39. The zero-order chi connectivity index (χ0) is 26.5. The van der Waals surface area contributed by atoms with Gasteiger partial charge in [0.1, 0.15) is 11.5 Å². The molecular formula is C25H26FN5O5S. The van der Waals surface area contributed by atoms with Gasteiger partial charge in [-0.2, -0.15) is 8.42 Å². The third-order valence-corrected chi connectivity index (χ3v) is 8.02. The molecule has 0 amide bonds. The van der Waals surface area contributed by atoms with Crippen molar-refractivity contribution in [1.29, 1.82) is 0 Å². The molecule has 2 heterocycles. The summed E-state index contributed by atoms with van der Waals surface area (Å²) in [6.07, 6.45) is 1.57. The van der Waals surface area contributed by atoms with E-state index in [2.05, 4.69) is 4.40 Å². The minimum Gasteiger partial charge on any atom is -0.477 e. The molecule has 1 aliphatic carbocycles. The number of halogens is 1. The first-order valence-corrected chi connectivity index (χ1v) is 13.3. The van der Waals surface area contributed by atoms with Crippen LogP contribution in [0.5, 0.6) is 0 Å². The lowest BCUT2D eigenvalue weighted by Gasteiger charge is -2.36. The molecule has 0 atom stereocenters. The molecule has 3 aromatic rings. The minimum absolute atomic E-state index is 0.0420. The summed E-state index contributed by atoms with van der Waals surface area (Å²) < 4.78 is 45.8. The molecule has 1 aromatic heterocycles. The Morgan fingerprint density at radius 1 is 1.08 bits per heavy atom. The van der Waals surface area contributed by atoms with Crippen molar-refractivity contribution in [2.75, 3.05) is 31.1 Å². The standard InChI is InChI=1S/C25H26FN5O5S/c1-15-2-6-17(7-3-15)37(35,36)28-25(27)30-10-8-29(9-11-30)21-13-20-18(12-19(21)26)23(32)14-22(24(33)34)31(20)16-4-5-16/h2-3,6-7,12-14,16H,4-5,8-11H2,1H3,(H2,27,28)(H,33,34). The zero-order valence-electron chi connectivity index (χ0n) is 20.1. The molecule has 2 aliphatic rings. The van der Waals surface area contributed by atoms with Crippen LogP contribution in [0.3, 0.4) is 0 Å². The number of hydrogen-bond donors (Lipinski definition) is 2. The summed E-state index contributed by atoms with van der Waals surface area (Å²) in [6.45, 7) is 3.06. The van der Waals surface area contributed by atoms with Gasteiger partial charge in [0.15, 0.2) is 5.43 Å². The molecule has 37 heavy (non-hydrogen) atoms. The molecule has 194 valence electrons. The molecule has 2 aromatic carbocycles. The molecule has 0 unspecified atom stereocenters. The molecule has 10 nitrogen and oxygen atoms in total. The Balaban J connectivity index is 1.40. The summed E-state index contributed by atoms with van der Waals surface area (Å²) in [6, 6.07) is 10.00. The number of rotatable bonds is 5. The maximum atomic E-state index is 15.1. The molecule has 5 rings (SSSR count). The number of aromatic nitrogens is 1. The molecule has 1 saturated carbocycles. The van der Waals surface area contributed by atoms with Gasteiger partial charge in [0.25, 0.3) is 10.0 Å². The molecule has 1 aliphatic heterocycles. The van der Waals surface area contributed by atoms with Crippen molar-refractivity contribution in [3.8, 4) is 0 Å². The number of benzene rings is 2. The zero-order valence-corrected chi connectivity index (χ0v) is 20.9. The van der Waals surface area contributed by atoms with E-state index in [9.17, 15) is 23.1 Å². The fraction of sp³-hybridized carbons (Fsp3) is 0.320. The third kappa shape index (κ3) is 4.76. The number of carboxylic acid groups (broad SMARTS) is 1. The number of carboxylic acids is 1. The van der Waals surface area contributed by atoms with E-state index in [0.717, 1.165) is 30.5 Å². The highest BCUT2D eigenvalue weighted by Gasteiger charge is 2.30. The summed E-state index contributed by atoms with van der Waals surface area (Å²) >= 11 is 0. The van der Waals surface area contributed by atoms with Gasteiger partial charge in [0.05, 0.1) is 16.1 Å². The van der Waals surface area contributed by atoms with Gasteiger partial charge in [-0.3, -0.25) is 4.79 Å². The van der Waals surface area contributed by atoms with Crippen LogP contribution in [-0.2, 0) is 10.0 Å². The van der Waals surface area contributed by atoms with Crippen LogP contribution in [0.4, 0.5) is 10.1 Å². The topological polar surface area (TPSA) is 138 Å². The van der Waals surface area contributed by atoms with E-state index in [-0.39, 0.29) is 33.7 Å². The lowest BCUT2D eigenvalue weighted by atomic mass is 10.1.